The zero-order chi connectivity index (χ0) is 14.4. The lowest BCUT2D eigenvalue weighted by atomic mass is 10.1. The number of fused-ring (bicyclic) bond motifs is 1. The van der Waals surface area contributed by atoms with Crippen molar-refractivity contribution in [3.05, 3.63) is 34.9 Å². The van der Waals surface area contributed by atoms with Crippen LogP contribution >= 0.6 is 0 Å². The minimum atomic E-state index is -1.01. The van der Waals surface area contributed by atoms with E-state index in [1.54, 1.807) is 18.2 Å². The largest absolute Gasteiger partial charge is 0.392 e. The summed E-state index contributed by atoms with van der Waals surface area (Å²) in [5.41, 5.74) is 1.43. The first-order valence-electron chi connectivity index (χ1n) is 6.22. The van der Waals surface area contributed by atoms with Crippen LogP contribution in [0.5, 0.6) is 0 Å². The van der Waals surface area contributed by atoms with Gasteiger partial charge < -0.3 is 4.74 Å². The maximum atomic E-state index is 12.3. The Morgan fingerprint density at radius 1 is 1.10 bits per heavy atom. The van der Waals surface area contributed by atoms with Gasteiger partial charge >= 0.3 is 11.9 Å². The van der Waals surface area contributed by atoms with Gasteiger partial charge in [0, 0.05) is 6.42 Å². The Morgan fingerprint density at radius 2 is 1.80 bits per heavy atom. The summed E-state index contributed by atoms with van der Waals surface area (Å²) in [5.74, 6) is -2.49. The number of imide groups is 1. The quantitative estimate of drug-likeness (QED) is 0.430. The predicted octanol–water partition coefficient (Wildman–Crippen LogP) is 0.823. The molecule has 6 nitrogen and oxygen atoms in total. The first-order valence-corrected chi connectivity index (χ1v) is 6.22. The van der Waals surface area contributed by atoms with Crippen LogP contribution in [0.15, 0.2) is 18.2 Å². The summed E-state index contributed by atoms with van der Waals surface area (Å²) in [4.78, 5) is 48.2. The molecular formula is C14H11NO5. The number of hydrogen-bond donors (Lipinski definition) is 0. The topological polar surface area (TPSA) is 80.8 Å². The van der Waals surface area contributed by atoms with Gasteiger partial charge in [-0.25, -0.2) is 4.79 Å². The predicted molar refractivity (Wildman–Crippen MR) is 65.8 cm³/mol. The van der Waals surface area contributed by atoms with Gasteiger partial charge in [0.05, 0.1) is 11.1 Å². The third-order valence-electron chi connectivity index (χ3n) is 3.49. The summed E-state index contributed by atoms with van der Waals surface area (Å²) >= 11 is 0. The van der Waals surface area contributed by atoms with Crippen molar-refractivity contribution in [2.75, 3.05) is 0 Å². The van der Waals surface area contributed by atoms with E-state index in [2.05, 4.69) is 4.74 Å². The number of rotatable bonds is 1. The van der Waals surface area contributed by atoms with Crippen molar-refractivity contribution in [2.45, 2.75) is 25.8 Å². The van der Waals surface area contributed by atoms with Gasteiger partial charge in [0.25, 0.3) is 11.8 Å². The number of ether oxygens (including phenoxy) is 1. The minimum absolute atomic E-state index is 0.0167. The lowest BCUT2D eigenvalue weighted by Gasteiger charge is -2.26. The number of carbonyl (C=O) groups is 4. The van der Waals surface area contributed by atoms with Crippen molar-refractivity contribution < 1.29 is 23.9 Å². The Labute approximate surface area is 114 Å². The molecule has 2 amide bonds. The van der Waals surface area contributed by atoms with Gasteiger partial charge in [-0.05, 0) is 25.5 Å². The third kappa shape index (κ3) is 1.72. The number of esters is 2. The molecule has 0 aliphatic carbocycles. The van der Waals surface area contributed by atoms with Gasteiger partial charge in [0.1, 0.15) is 6.04 Å². The molecule has 0 aromatic heterocycles. The number of hydrogen-bond acceptors (Lipinski definition) is 5. The monoisotopic (exact) mass is 273 g/mol. The van der Waals surface area contributed by atoms with Crippen LogP contribution in [-0.4, -0.2) is 34.7 Å². The maximum Gasteiger partial charge on any atom is 0.337 e. The van der Waals surface area contributed by atoms with Gasteiger partial charge in [-0.1, -0.05) is 11.6 Å². The highest BCUT2D eigenvalue weighted by atomic mass is 16.6. The SMILES string of the molecule is Cc1ccc2c(c1)C(=O)N([C@H]1CCC(=O)OC1=O)C2=O. The zero-order valence-corrected chi connectivity index (χ0v) is 10.7. The average molecular weight is 273 g/mol. The summed E-state index contributed by atoms with van der Waals surface area (Å²) in [7, 11) is 0. The van der Waals surface area contributed by atoms with Crippen molar-refractivity contribution in [1.29, 1.82) is 0 Å². The van der Waals surface area contributed by atoms with Crippen LogP contribution in [0.2, 0.25) is 0 Å². The van der Waals surface area contributed by atoms with Crippen molar-refractivity contribution in [3.63, 3.8) is 0 Å². The number of nitrogens with zero attached hydrogens (tertiary/aromatic N) is 1. The van der Waals surface area contributed by atoms with Crippen LogP contribution in [0.25, 0.3) is 0 Å². The number of benzene rings is 1. The highest BCUT2D eigenvalue weighted by Gasteiger charge is 2.45. The van der Waals surface area contributed by atoms with Gasteiger partial charge in [0.2, 0.25) is 0 Å². The molecule has 2 aliphatic heterocycles. The smallest absolute Gasteiger partial charge is 0.337 e. The summed E-state index contributed by atoms with van der Waals surface area (Å²) < 4.78 is 4.51. The fourth-order valence-corrected chi connectivity index (χ4v) is 2.49. The highest BCUT2D eigenvalue weighted by Crippen LogP contribution is 2.28. The molecule has 0 radical (unpaired) electrons. The summed E-state index contributed by atoms with van der Waals surface area (Å²) in [6, 6.07) is 3.91. The van der Waals surface area contributed by atoms with Crippen molar-refractivity contribution in [1.82, 2.24) is 4.90 Å². The van der Waals surface area contributed by atoms with Gasteiger partial charge in [0.15, 0.2) is 0 Å². The van der Waals surface area contributed by atoms with Crippen LogP contribution < -0.4 is 0 Å². The Morgan fingerprint density at radius 3 is 2.50 bits per heavy atom. The van der Waals surface area contributed by atoms with E-state index in [4.69, 9.17) is 0 Å². The van der Waals surface area contributed by atoms with E-state index in [0.29, 0.717) is 5.56 Å². The van der Waals surface area contributed by atoms with Crippen LogP contribution in [0.4, 0.5) is 0 Å². The molecule has 1 aromatic rings. The molecule has 6 heteroatoms. The second-order valence-corrected chi connectivity index (χ2v) is 4.88. The molecule has 1 saturated heterocycles. The number of amides is 2. The molecule has 20 heavy (non-hydrogen) atoms. The van der Waals surface area contributed by atoms with Crippen molar-refractivity contribution >= 4 is 23.8 Å². The molecule has 1 atom stereocenters. The molecule has 1 fully saturated rings. The number of cyclic esters (lactones) is 2. The zero-order valence-electron chi connectivity index (χ0n) is 10.7. The summed E-state index contributed by atoms with van der Waals surface area (Å²) in [6.45, 7) is 1.81. The second-order valence-electron chi connectivity index (χ2n) is 4.88. The van der Waals surface area contributed by atoms with E-state index < -0.39 is 29.8 Å². The molecule has 3 rings (SSSR count). The van der Waals surface area contributed by atoms with Gasteiger partial charge in [-0.2, -0.15) is 0 Å². The van der Waals surface area contributed by atoms with Crippen LogP contribution in [0.3, 0.4) is 0 Å². The lowest BCUT2D eigenvalue weighted by molar-refractivity contribution is -0.167. The van der Waals surface area contributed by atoms with E-state index in [1.165, 1.54) is 0 Å². The minimum Gasteiger partial charge on any atom is -0.392 e. The summed E-state index contributed by atoms with van der Waals surface area (Å²) in [5, 5.41) is 0. The third-order valence-corrected chi connectivity index (χ3v) is 3.49. The molecule has 0 bridgehead atoms. The Hall–Kier alpha value is -2.50. The molecule has 2 heterocycles. The Bertz CT molecular complexity index is 664. The first-order chi connectivity index (χ1) is 9.49. The van der Waals surface area contributed by atoms with Gasteiger partial charge in [-0.3, -0.25) is 19.3 Å². The van der Waals surface area contributed by atoms with Crippen LogP contribution in [-0.2, 0) is 14.3 Å². The number of aryl methyl sites for hydroxylation is 1. The van der Waals surface area contributed by atoms with Gasteiger partial charge in [-0.15, -0.1) is 0 Å². The van der Waals surface area contributed by atoms with E-state index in [1.807, 2.05) is 6.92 Å². The van der Waals surface area contributed by atoms with E-state index in [0.717, 1.165) is 10.5 Å². The molecule has 0 saturated carbocycles. The normalized spacial score (nSPS) is 22.1. The Balaban J connectivity index is 1.97. The average Bonchev–Trinajstić information content (AvgIpc) is 2.63. The molecule has 0 spiro atoms. The molecule has 1 aromatic carbocycles. The highest BCUT2D eigenvalue weighted by molar-refractivity contribution is 6.23. The van der Waals surface area contributed by atoms with Crippen molar-refractivity contribution in [3.8, 4) is 0 Å². The fourth-order valence-electron chi connectivity index (χ4n) is 2.49. The molecule has 0 unspecified atom stereocenters. The first kappa shape index (κ1) is 12.5. The van der Waals surface area contributed by atoms with Crippen LogP contribution in [0.1, 0.15) is 39.1 Å². The second kappa shape index (κ2) is 4.26. The van der Waals surface area contributed by atoms with E-state index in [-0.39, 0.29) is 18.4 Å². The molecular weight excluding hydrogens is 262 g/mol. The lowest BCUT2D eigenvalue weighted by Crippen LogP contribution is -2.48. The van der Waals surface area contributed by atoms with Crippen LogP contribution in [0, 0.1) is 6.92 Å². The maximum absolute atomic E-state index is 12.3. The van der Waals surface area contributed by atoms with Crippen molar-refractivity contribution in [2.24, 2.45) is 0 Å². The van der Waals surface area contributed by atoms with E-state index >= 15 is 0 Å². The molecule has 0 N–H and O–H groups in total. The molecule has 2 aliphatic rings. The fraction of sp³-hybridized carbons (Fsp3) is 0.286. The summed E-state index contributed by atoms with van der Waals surface area (Å²) in [6.07, 6.45) is 0.130. The number of carbonyl (C=O) groups excluding carboxylic acids is 4. The standard InChI is InChI=1S/C14H11NO5/c1-7-2-3-8-9(6-7)13(18)15(12(8)17)10-4-5-11(16)20-14(10)19/h2-3,6,10H,4-5H2,1H3/t10-/m0/s1. The Kier molecular flexibility index (Phi) is 2.67. The van der Waals surface area contributed by atoms with E-state index in [9.17, 15) is 19.2 Å². The molecule has 102 valence electrons.